The van der Waals surface area contributed by atoms with Crippen LogP contribution in [0.15, 0.2) is 30.3 Å². The van der Waals surface area contributed by atoms with E-state index in [-0.39, 0.29) is 11.8 Å². The summed E-state index contributed by atoms with van der Waals surface area (Å²) in [6, 6.07) is 8.74. The van der Waals surface area contributed by atoms with Crippen molar-refractivity contribution >= 4 is 34.8 Å². The molecule has 2 amide bonds. The van der Waals surface area contributed by atoms with Crippen LogP contribution in [-0.4, -0.2) is 73.9 Å². The van der Waals surface area contributed by atoms with Gasteiger partial charge in [-0.15, -0.1) is 0 Å². The summed E-state index contributed by atoms with van der Waals surface area (Å²) in [6.07, 6.45) is 0. The third-order valence-electron chi connectivity index (χ3n) is 5.01. The zero-order valence-corrected chi connectivity index (χ0v) is 18.0. The molecule has 2 aromatic rings. The van der Waals surface area contributed by atoms with E-state index in [1.54, 1.807) is 39.2 Å². The van der Waals surface area contributed by atoms with E-state index < -0.39 is 0 Å². The molecule has 1 fully saturated rings. The Morgan fingerprint density at radius 2 is 1.79 bits per heavy atom. The lowest BCUT2D eigenvalue weighted by atomic mass is 10.1. The minimum Gasteiger partial charge on any atom is -0.368 e. The molecule has 1 saturated heterocycles. The normalized spacial score (nSPS) is 14.6. The monoisotopic (exact) mass is 415 g/mol. The molecule has 1 aromatic carbocycles. The number of halogens is 1. The van der Waals surface area contributed by atoms with Gasteiger partial charge in [-0.1, -0.05) is 11.6 Å². The molecule has 0 unspecified atom stereocenters. The topological polar surface area (TPSA) is 68.8 Å². The van der Waals surface area contributed by atoms with Gasteiger partial charge in [0.2, 0.25) is 0 Å². The van der Waals surface area contributed by atoms with Gasteiger partial charge in [0, 0.05) is 46.0 Å². The summed E-state index contributed by atoms with van der Waals surface area (Å²) in [5.74, 6) is -0.492. The van der Waals surface area contributed by atoms with Gasteiger partial charge in [-0.05, 0) is 44.3 Å². The summed E-state index contributed by atoms with van der Waals surface area (Å²) in [4.78, 5) is 35.0. The van der Waals surface area contributed by atoms with E-state index in [0.29, 0.717) is 27.7 Å². The number of benzene rings is 1. The molecule has 8 heteroatoms. The number of aryl methyl sites for hydroxylation is 1. The number of carbonyl (C=O) groups is 2. The summed E-state index contributed by atoms with van der Waals surface area (Å²) in [6.45, 7) is 5.54. The van der Waals surface area contributed by atoms with Crippen LogP contribution in [0.4, 0.5) is 11.4 Å². The molecule has 29 heavy (non-hydrogen) atoms. The zero-order valence-electron chi connectivity index (χ0n) is 17.2. The lowest BCUT2D eigenvalue weighted by molar-refractivity contribution is 0.0821. The van der Waals surface area contributed by atoms with Gasteiger partial charge in [-0.2, -0.15) is 0 Å². The van der Waals surface area contributed by atoms with Crippen molar-refractivity contribution in [2.75, 3.05) is 57.5 Å². The van der Waals surface area contributed by atoms with Crippen molar-refractivity contribution in [2.45, 2.75) is 6.92 Å². The molecular formula is C21H26ClN5O2. The second-order valence-corrected chi connectivity index (χ2v) is 7.85. The number of hydrogen-bond acceptors (Lipinski definition) is 5. The summed E-state index contributed by atoms with van der Waals surface area (Å²) in [5.41, 5.74) is 2.81. The number of nitrogens with one attached hydrogen (secondary N) is 1. The Bertz CT molecular complexity index is 923. The molecule has 1 aliphatic heterocycles. The smallest absolute Gasteiger partial charge is 0.271 e. The van der Waals surface area contributed by atoms with E-state index in [2.05, 4.69) is 27.1 Å². The van der Waals surface area contributed by atoms with Gasteiger partial charge in [-0.25, -0.2) is 4.98 Å². The van der Waals surface area contributed by atoms with Gasteiger partial charge in [0.15, 0.2) is 0 Å². The molecule has 0 aliphatic carbocycles. The Hall–Kier alpha value is -2.64. The number of nitrogens with zero attached hydrogens (tertiary/aromatic N) is 4. The van der Waals surface area contributed by atoms with E-state index >= 15 is 0 Å². The molecule has 0 spiro atoms. The Morgan fingerprint density at radius 1 is 1.10 bits per heavy atom. The number of rotatable bonds is 4. The van der Waals surface area contributed by atoms with Crippen molar-refractivity contribution in [3.05, 3.63) is 52.3 Å². The number of pyridine rings is 1. The molecule has 0 bridgehead atoms. The van der Waals surface area contributed by atoms with Crippen LogP contribution in [0.3, 0.4) is 0 Å². The van der Waals surface area contributed by atoms with E-state index in [4.69, 9.17) is 11.6 Å². The van der Waals surface area contributed by atoms with Crippen molar-refractivity contribution in [1.29, 1.82) is 0 Å². The minimum absolute atomic E-state index is 0.202. The average molecular weight is 416 g/mol. The minimum atomic E-state index is -0.290. The van der Waals surface area contributed by atoms with Gasteiger partial charge in [0.25, 0.3) is 11.8 Å². The highest BCUT2D eigenvalue weighted by molar-refractivity contribution is 6.33. The maximum Gasteiger partial charge on any atom is 0.271 e. The van der Waals surface area contributed by atoms with Gasteiger partial charge >= 0.3 is 0 Å². The van der Waals surface area contributed by atoms with Gasteiger partial charge in [0.1, 0.15) is 5.69 Å². The number of anilines is 2. The Morgan fingerprint density at radius 3 is 2.38 bits per heavy atom. The Kier molecular flexibility index (Phi) is 6.39. The van der Waals surface area contributed by atoms with Crippen molar-refractivity contribution in [2.24, 2.45) is 0 Å². The van der Waals surface area contributed by atoms with Gasteiger partial charge in [-0.3, -0.25) is 9.59 Å². The molecule has 1 N–H and O–H groups in total. The largest absolute Gasteiger partial charge is 0.368 e. The maximum absolute atomic E-state index is 12.7. The Balaban J connectivity index is 1.72. The molecule has 0 saturated carbocycles. The molecule has 3 rings (SSSR count). The van der Waals surface area contributed by atoms with Crippen LogP contribution in [0.1, 0.15) is 26.5 Å². The van der Waals surface area contributed by atoms with Crippen molar-refractivity contribution in [1.82, 2.24) is 14.8 Å². The van der Waals surface area contributed by atoms with Crippen LogP contribution in [0.25, 0.3) is 0 Å². The average Bonchev–Trinajstić information content (AvgIpc) is 2.68. The third kappa shape index (κ3) is 4.86. The first-order valence-corrected chi connectivity index (χ1v) is 9.87. The zero-order chi connectivity index (χ0) is 21.1. The lowest BCUT2D eigenvalue weighted by Gasteiger charge is -2.34. The first kappa shape index (κ1) is 21.1. The second-order valence-electron chi connectivity index (χ2n) is 7.44. The summed E-state index contributed by atoms with van der Waals surface area (Å²) >= 11 is 6.48. The number of piperazine rings is 1. The fourth-order valence-electron chi connectivity index (χ4n) is 3.24. The summed E-state index contributed by atoms with van der Waals surface area (Å²) < 4.78 is 0. The predicted molar refractivity (Wildman–Crippen MR) is 116 cm³/mol. The number of carbonyl (C=O) groups excluding carboxylic acids is 2. The van der Waals surface area contributed by atoms with E-state index in [0.717, 1.165) is 31.9 Å². The quantitative estimate of drug-likeness (QED) is 0.831. The SMILES string of the molecule is Cc1nc(C(=O)N(C)C)ccc1C(=O)Nc1ccc(N2CCN(C)CC2)c(Cl)c1. The second kappa shape index (κ2) is 8.80. The standard InChI is InChI=1S/C21H26ClN5O2/c1-14-16(6-7-18(23-14)21(29)25(2)3)20(28)24-15-5-8-19(17(22)13-15)27-11-9-26(4)10-12-27/h5-8,13H,9-12H2,1-4H3,(H,24,28). The Labute approximate surface area is 176 Å². The van der Waals surface area contributed by atoms with E-state index in [9.17, 15) is 9.59 Å². The van der Waals surface area contributed by atoms with Crippen molar-refractivity contribution in [3.8, 4) is 0 Å². The first-order chi connectivity index (χ1) is 13.8. The van der Waals surface area contributed by atoms with Gasteiger partial charge in [0.05, 0.1) is 22.0 Å². The molecule has 2 heterocycles. The van der Waals surface area contributed by atoms with E-state index in [1.807, 2.05) is 12.1 Å². The fraction of sp³-hybridized carbons (Fsp3) is 0.381. The van der Waals surface area contributed by atoms with Crippen molar-refractivity contribution < 1.29 is 9.59 Å². The molecule has 1 aliphatic rings. The van der Waals surface area contributed by atoms with Crippen molar-refractivity contribution in [3.63, 3.8) is 0 Å². The molecule has 7 nitrogen and oxygen atoms in total. The number of hydrogen-bond donors (Lipinski definition) is 1. The summed E-state index contributed by atoms with van der Waals surface area (Å²) in [7, 11) is 5.43. The molecule has 0 atom stereocenters. The predicted octanol–water partition coefficient (Wildman–Crippen LogP) is 2.75. The highest BCUT2D eigenvalue weighted by Gasteiger charge is 2.18. The molecule has 154 valence electrons. The van der Waals surface area contributed by atoms with Crippen LogP contribution in [-0.2, 0) is 0 Å². The fourth-order valence-corrected chi connectivity index (χ4v) is 3.54. The summed E-state index contributed by atoms with van der Waals surface area (Å²) in [5, 5.41) is 3.47. The van der Waals surface area contributed by atoms with Gasteiger partial charge < -0.3 is 20.0 Å². The number of likely N-dealkylation sites (N-methyl/N-ethyl adjacent to an activating group) is 1. The lowest BCUT2D eigenvalue weighted by Crippen LogP contribution is -2.44. The molecule has 0 radical (unpaired) electrons. The highest BCUT2D eigenvalue weighted by atomic mass is 35.5. The number of aromatic nitrogens is 1. The van der Waals surface area contributed by atoms with Crippen LogP contribution in [0.2, 0.25) is 5.02 Å². The van der Waals surface area contributed by atoms with Crippen LogP contribution >= 0.6 is 11.6 Å². The highest BCUT2D eigenvalue weighted by Crippen LogP contribution is 2.30. The first-order valence-electron chi connectivity index (χ1n) is 9.50. The van der Waals surface area contributed by atoms with Crippen LogP contribution in [0.5, 0.6) is 0 Å². The molecule has 1 aromatic heterocycles. The van der Waals surface area contributed by atoms with Crippen LogP contribution < -0.4 is 10.2 Å². The molecular weight excluding hydrogens is 390 g/mol. The van der Waals surface area contributed by atoms with Crippen LogP contribution in [0, 0.1) is 6.92 Å². The third-order valence-corrected chi connectivity index (χ3v) is 5.31. The van der Waals surface area contributed by atoms with E-state index in [1.165, 1.54) is 4.90 Å². The maximum atomic E-state index is 12.7. The number of amides is 2.